The number of hydrogen-bond acceptors (Lipinski definition) is 3. The van der Waals surface area contributed by atoms with Gasteiger partial charge in [0.2, 0.25) is 5.91 Å². The number of aryl methyl sites for hydroxylation is 2. The molecule has 2 N–H and O–H groups in total. The molecular weight excluding hydrogens is 312 g/mol. The van der Waals surface area contributed by atoms with Crippen LogP contribution in [0, 0.1) is 6.92 Å². The highest BCUT2D eigenvalue weighted by atomic mass is 16.2. The summed E-state index contributed by atoms with van der Waals surface area (Å²) in [5.74, 6) is 0.0984. The highest BCUT2D eigenvalue weighted by Crippen LogP contribution is 2.34. The largest absolute Gasteiger partial charge is 0.371 e. The average molecular weight is 340 g/mol. The molecule has 1 amide bonds. The number of amides is 1. The molecule has 0 radical (unpaired) electrons. The Bertz CT molecular complexity index is 714. The third kappa shape index (κ3) is 3.86. The van der Waals surface area contributed by atoms with E-state index < -0.39 is 5.54 Å². The van der Waals surface area contributed by atoms with E-state index in [1.54, 1.807) is 4.68 Å². The minimum atomic E-state index is -0.509. The van der Waals surface area contributed by atoms with Gasteiger partial charge in [0, 0.05) is 24.5 Å². The number of carbonyl (C=O) groups is 1. The molecule has 3 rings (SSSR count). The zero-order valence-corrected chi connectivity index (χ0v) is 15.4. The molecule has 25 heavy (non-hydrogen) atoms. The van der Waals surface area contributed by atoms with E-state index in [4.69, 9.17) is 0 Å². The van der Waals surface area contributed by atoms with Crippen LogP contribution in [0.5, 0.6) is 0 Å². The highest BCUT2D eigenvalue weighted by molar-refractivity contribution is 5.90. The lowest BCUT2D eigenvalue weighted by molar-refractivity contribution is -0.126. The van der Waals surface area contributed by atoms with Gasteiger partial charge in [-0.2, -0.15) is 5.10 Å². The van der Waals surface area contributed by atoms with Crippen LogP contribution in [0.25, 0.3) is 0 Å². The van der Waals surface area contributed by atoms with E-state index in [9.17, 15) is 4.79 Å². The topological polar surface area (TPSA) is 59.0 Å². The number of nitrogens with one attached hydrogen (secondary N) is 2. The van der Waals surface area contributed by atoms with Gasteiger partial charge in [-0.05, 0) is 38.3 Å². The first-order chi connectivity index (χ1) is 12.0. The highest BCUT2D eigenvalue weighted by Gasteiger charge is 2.41. The summed E-state index contributed by atoms with van der Waals surface area (Å²) in [4.78, 5) is 13.2. The first-order valence-corrected chi connectivity index (χ1v) is 9.17. The van der Waals surface area contributed by atoms with Gasteiger partial charge in [0.15, 0.2) is 0 Å². The quantitative estimate of drug-likeness (QED) is 0.842. The van der Waals surface area contributed by atoms with Crippen LogP contribution in [0.2, 0.25) is 0 Å². The molecule has 1 atom stereocenters. The van der Waals surface area contributed by atoms with Gasteiger partial charge in [0.05, 0.1) is 12.2 Å². The first-order valence-electron chi connectivity index (χ1n) is 9.17. The van der Waals surface area contributed by atoms with Gasteiger partial charge in [0.25, 0.3) is 0 Å². The minimum Gasteiger partial charge on any atom is -0.371 e. The Morgan fingerprint density at radius 2 is 1.96 bits per heavy atom. The average Bonchev–Trinajstić information content (AvgIpc) is 3.24. The van der Waals surface area contributed by atoms with Crippen LogP contribution in [0.1, 0.15) is 56.2 Å². The summed E-state index contributed by atoms with van der Waals surface area (Å²) in [5, 5.41) is 11.0. The Balaban J connectivity index is 1.77. The molecule has 0 saturated heterocycles. The number of carbonyl (C=O) groups excluding carboxylic acids is 1. The maximum Gasteiger partial charge on any atom is 0.246 e. The standard InChI is InChI=1S/C20H28N4O/c1-4-18(16-13-21-24(3)14-16)22-19(25)20(11-5-6-12-20)23-17-9-7-15(2)8-10-17/h7-10,13-14,18,23H,4-6,11-12H2,1-3H3,(H,22,25)/t18-/m1/s1. The molecule has 1 aliphatic rings. The van der Waals surface area contributed by atoms with E-state index in [2.05, 4.69) is 53.8 Å². The second-order valence-electron chi connectivity index (χ2n) is 7.16. The minimum absolute atomic E-state index is 0.00140. The van der Waals surface area contributed by atoms with Crippen molar-refractivity contribution in [1.82, 2.24) is 15.1 Å². The molecule has 5 heteroatoms. The van der Waals surface area contributed by atoms with E-state index in [-0.39, 0.29) is 11.9 Å². The lowest BCUT2D eigenvalue weighted by Gasteiger charge is -2.32. The van der Waals surface area contributed by atoms with Gasteiger partial charge < -0.3 is 10.6 Å². The van der Waals surface area contributed by atoms with Crippen molar-refractivity contribution in [3.8, 4) is 0 Å². The summed E-state index contributed by atoms with van der Waals surface area (Å²) >= 11 is 0. The summed E-state index contributed by atoms with van der Waals surface area (Å²) in [7, 11) is 1.90. The molecular formula is C20H28N4O. The van der Waals surface area contributed by atoms with Crippen molar-refractivity contribution < 1.29 is 4.79 Å². The molecule has 5 nitrogen and oxygen atoms in total. The summed E-state index contributed by atoms with van der Waals surface area (Å²) in [5.41, 5.74) is 2.78. The number of nitrogens with zero attached hydrogens (tertiary/aromatic N) is 2. The fourth-order valence-corrected chi connectivity index (χ4v) is 3.64. The van der Waals surface area contributed by atoms with Crippen LogP contribution in [-0.2, 0) is 11.8 Å². The molecule has 1 fully saturated rings. The molecule has 0 spiro atoms. The Kier molecular flexibility index (Phi) is 5.11. The van der Waals surface area contributed by atoms with Crippen LogP contribution >= 0.6 is 0 Å². The second-order valence-corrected chi connectivity index (χ2v) is 7.16. The van der Waals surface area contributed by atoms with Gasteiger partial charge in [-0.3, -0.25) is 9.48 Å². The number of aromatic nitrogens is 2. The predicted octanol–water partition coefficient (Wildman–Crippen LogP) is 3.72. The van der Waals surface area contributed by atoms with Crippen molar-refractivity contribution in [3.63, 3.8) is 0 Å². The SMILES string of the molecule is CC[C@@H](NC(=O)C1(Nc2ccc(C)cc2)CCCC1)c1cnn(C)c1. The Labute approximate surface area is 149 Å². The molecule has 1 heterocycles. The first kappa shape index (κ1) is 17.5. The van der Waals surface area contributed by atoms with E-state index in [0.29, 0.717) is 0 Å². The number of anilines is 1. The number of hydrogen-bond donors (Lipinski definition) is 2. The van der Waals surface area contributed by atoms with E-state index >= 15 is 0 Å². The van der Waals surface area contributed by atoms with Crippen molar-refractivity contribution in [2.75, 3.05) is 5.32 Å². The zero-order valence-electron chi connectivity index (χ0n) is 15.4. The van der Waals surface area contributed by atoms with Crippen molar-refractivity contribution in [2.45, 2.75) is 57.5 Å². The van der Waals surface area contributed by atoms with Crippen LogP contribution in [0.15, 0.2) is 36.7 Å². The summed E-state index contributed by atoms with van der Waals surface area (Å²) in [6.45, 7) is 4.16. The Morgan fingerprint density at radius 3 is 2.52 bits per heavy atom. The van der Waals surface area contributed by atoms with Gasteiger partial charge in [-0.1, -0.05) is 37.5 Å². The van der Waals surface area contributed by atoms with Crippen LogP contribution < -0.4 is 10.6 Å². The molecule has 1 aliphatic carbocycles. The maximum absolute atomic E-state index is 13.2. The Morgan fingerprint density at radius 1 is 1.28 bits per heavy atom. The van der Waals surface area contributed by atoms with Gasteiger partial charge in [0.1, 0.15) is 5.54 Å². The molecule has 0 unspecified atom stereocenters. The van der Waals surface area contributed by atoms with Crippen LogP contribution in [0.3, 0.4) is 0 Å². The number of rotatable bonds is 6. The molecule has 1 saturated carbocycles. The van der Waals surface area contributed by atoms with E-state index in [0.717, 1.165) is 43.4 Å². The van der Waals surface area contributed by atoms with Crippen molar-refractivity contribution in [2.24, 2.45) is 7.05 Å². The maximum atomic E-state index is 13.2. The molecule has 0 aliphatic heterocycles. The third-order valence-electron chi connectivity index (χ3n) is 5.17. The summed E-state index contributed by atoms with van der Waals surface area (Å²) < 4.78 is 1.78. The normalized spacial score (nSPS) is 17.2. The molecule has 1 aromatic heterocycles. The van der Waals surface area contributed by atoms with Crippen LogP contribution in [0.4, 0.5) is 5.69 Å². The monoisotopic (exact) mass is 340 g/mol. The second kappa shape index (κ2) is 7.30. The van der Waals surface area contributed by atoms with Gasteiger partial charge >= 0.3 is 0 Å². The zero-order chi connectivity index (χ0) is 17.9. The lowest BCUT2D eigenvalue weighted by atomic mass is 9.94. The lowest BCUT2D eigenvalue weighted by Crippen LogP contribution is -2.51. The smallest absolute Gasteiger partial charge is 0.246 e. The molecule has 134 valence electrons. The van der Waals surface area contributed by atoms with Crippen molar-refractivity contribution in [3.05, 3.63) is 47.8 Å². The molecule has 2 aromatic rings. The predicted molar refractivity (Wildman–Crippen MR) is 100 cm³/mol. The molecule has 0 bridgehead atoms. The van der Waals surface area contributed by atoms with Crippen molar-refractivity contribution >= 4 is 11.6 Å². The van der Waals surface area contributed by atoms with Crippen molar-refractivity contribution in [1.29, 1.82) is 0 Å². The van der Waals surface area contributed by atoms with Gasteiger partial charge in [-0.25, -0.2) is 0 Å². The van der Waals surface area contributed by atoms with E-state index in [1.165, 1.54) is 5.56 Å². The third-order valence-corrected chi connectivity index (χ3v) is 5.17. The fraction of sp³-hybridized carbons (Fsp3) is 0.500. The summed E-state index contributed by atoms with van der Waals surface area (Å²) in [6, 6.07) is 8.27. The summed E-state index contributed by atoms with van der Waals surface area (Å²) in [6.07, 6.45) is 8.56. The van der Waals surface area contributed by atoms with E-state index in [1.807, 2.05) is 19.4 Å². The Hall–Kier alpha value is -2.30. The van der Waals surface area contributed by atoms with Crippen LogP contribution in [-0.4, -0.2) is 21.2 Å². The fourth-order valence-electron chi connectivity index (χ4n) is 3.64. The van der Waals surface area contributed by atoms with Gasteiger partial charge in [-0.15, -0.1) is 0 Å². The molecule has 1 aromatic carbocycles. The number of benzene rings is 1.